The van der Waals surface area contributed by atoms with Gasteiger partial charge in [0.05, 0.1) is 17.9 Å². The van der Waals surface area contributed by atoms with Crippen molar-refractivity contribution in [3.8, 4) is 0 Å². The Hall–Kier alpha value is -11.6. The summed E-state index contributed by atoms with van der Waals surface area (Å²) < 4.78 is 16.3. The molecule has 0 aliphatic heterocycles. The van der Waals surface area contributed by atoms with Gasteiger partial charge in [0, 0.05) is 84.7 Å². The number of aromatic nitrogens is 1. The van der Waals surface area contributed by atoms with Crippen molar-refractivity contribution in [2.75, 3.05) is 52.4 Å². The van der Waals surface area contributed by atoms with E-state index in [0.717, 1.165) is 152 Å². The van der Waals surface area contributed by atoms with Crippen molar-refractivity contribution in [3.05, 3.63) is 238 Å². The average Bonchev–Trinajstić information content (AvgIpc) is 0.847. The minimum absolute atomic E-state index is 0.000204. The highest BCUT2D eigenvalue weighted by molar-refractivity contribution is 5.95. The van der Waals surface area contributed by atoms with Crippen LogP contribution in [0.4, 0.5) is 5.88 Å². The van der Waals surface area contributed by atoms with Crippen LogP contribution in [0.15, 0.2) is 155 Å². The zero-order valence-corrected chi connectivity index (χ0v) is 91.4. The summed E-state index contributed by atoms with van der Waals surface area (Å²) in [7, 11) is 0. The molecule has 16 rings (SSSR count). The maximum atomic E-state index is 13.7. The summed E-state index contributed by atoms with van der Waals surface area (Å²) in [4.78, 5) is 92.8. The minimum atomic E-state index is -0.615. The first-order chi connectivity index (χ1) is 68.7. The smallest absolute Gasteiger partial charge is 0.433 e. The van der Waals surface area contributed by atoms with E-state index in [1.807, 2.05) is 46.0 Å². The third kappa shape index (κ3) is 28.6. The van der Waals surface area contributed by atoms with Crippen molar-refractivity contribution in [2.24, 2.45) is 113 Å². The summed E-state index contributed by atoms with van der Waals surface area (Å²) in [6.45, 7) is 51.5. The number of rotatable bonds is 29. The number of aryl methyl sites for hydroxylation is 3. The van der Waals surface area contributed by atoms with Crippen LogP contribution in [-0.4, -0.2) is 129 Å². The topological polar surface area (TPSA) is 437 Å². The lowest BCUT2D eigenvalue weighted by molar-refractivity contribution is -0.402. The number of carbonyl (C=O) groups is 4. The van der Waals surface area contributed by atoms with E-state index in [1.165, 1.54) is 117 Å². The van der Waals surface area contributed by atoms with Gasteiger partial charge in [-0.15, -0.1) is 0 Å². The number of guanidine groups is 4. The molecule has 17 N–H and O–H groups in total. The third-order valence-corrected chi connectivity index (χ3v) is 34.5. The van der Waals surface area contributed by atoms with Crippen molar-refractivity contribution >= 4 is 53.4 Å². The number of amides is 4. The fraction of sp³-hybridized carbons (Fsp3) is 0.597. The van der Waals surface area contributed by atoms with Crippen LogP contribution in [0, 0.1) is 78.2 Å². The van der Waals surface area contributed by atoms with Crippen LogP contribution in [0.3, 0.4) is 0 Å². The molecule has 8 aromatic rings. The number of aromatic amines is 1. The van der Waals surface area contributed by atoms with Gasteiger partial charge in [-0.25, -0.2) is 0 Å². The van der Waals surface area contributed by atoms with Gasteiger partial charge in [-0.2, -0.15) is 0 Å². The molecule has 4 aromatic carbocycles. The fourth-order valence-corrected chi connectivity index (χ4v) is 24.2. The zero-order chi connectivity index (χ0) is 106. The fourth-order valence-electron chi connectivity index (χ4n) is 24.2. The van der Waals surface area contributed by atoms with Crippen molar-refractivity contribution in [1.82, 2.24) is 24.6 Å². The Morgan fingerprint density at radius 2 is 0.658 bits per heavy atom. The first-order valence-electron chi connectivity index (χ1n) is 54.1. The molecule has 0 saturated heterocycles. The minimum Gasteiger partial charge on any atom is -0.472 e. The summed E-state index contributed by atoms with van der Waals surface area (Å²) in [6, 6.07) is 35.1. The Bertz CT molecular complexity index is 5910. The van der Waals surface area contributed by atoms with Crippen molar-refractivity contribution in [3.63, 3.8) is 0 Å². The van der Waals surface area contributed by atoms with Crippen LogP contribution in [0.2, 0.25) is 0 Å². The molecule has 8 aliphatic rings. The molecular weight excluding hydrogens is 1830 g/mol. The standard InChI is InChI=1S/C30H43N5O4.2C30H44N4O2.C29H43N5O/c1-19-14-23-24(30(4,5)13-12-29(23,2)3)15-22(19)18-34(27(36)25-10-11-26(39-25)35(37)38)17-21-8-6-20(7-9-21)16-33-28(31)32;1-20-6-13-26(36-20)27(35)34(18-22-9-7-21(8-10-22)17-33-28(31)32)19-23-11-12-24-25(16-23)30(4,5)15-14-29(24,2)3;1-20-14-25-26(30(4,5)12-11-29(25,2)3)15-24(20)18-34(27(35)23-10-13-36-19-23)17-22-8-6-21(7-9-22)16-33-28(31)32;1-28(2)13-14-29(3,4)24-16-22(11-12-23(24)28)19-34(26(35)25-6-5-15-32-25)18-21-9-7-20(8-10-21)17-33-27(30)31/h10-11,14-15,20-21H,6-9,12-13,16-18H2,1-5H3,(H4,31,32,33);6,11-13,16,21-22H,7-10,14-15,17-19H2,1-5H3,(H4,31,32,33);10,13-15,19,21-22H,6-9,11-12,16-18H2,1-5H3,(H4,31,32,33);5-6,11-12,15-16,20-21,32H,7-10,13-14,17-19H2,1-4H3,(H4,30,31,33). The average molecular weight is 2000 g/mol. The summed E-state index contributed by atoms with van der Waals surface area (Å²) in [5.41, 5.74) is 65.1. The molecule has 4 aromatic heterocycles. The number of aliphatic imine (C=N–C) groups is 4. The van der Waals surface area contributed by atoms with Crippen molar-refractivity contribution < 1.29 is 37.4 Å². The van der Waals surface area contributed by atoms with Crippen LogP contribution in [0.25, 0.3) is 0 Å². The quantitative estimate of drug-likeness (QED) is 0.00910. The number of benzene rings is 4. The van der Waals surface area contributed by atoms with Gasteiger partial charge in [0.15, 0.2) is 35.4 Å². The van der Waals surface area contributed by atoms with Crippen LogP contribution >= 0.6 is 0 Å². The third-order valence-electron chi connectivity index (χ3n) is 34.5. The van der Waals surface area contributed by atoms with E-state index in [2.05, 4.69) is 215 Å². The molecule has 27 nitrogen and oxygen atoms in total. The van der Waals surface area contributed by atoms with Gasteiger partial charge in [0.1, 0.15) is 22.6 Å². The monoisotopic (exact) mass is 2000 g/mol. The molecule has 27 heteroatoms. The molecule has 794 valence electrons. The second kappa shape index (κ2) is 46.8. The van der Waals surface area contributed by atoms with Gasteiger partial charge in [-0.1, -0.05) is 171 Å². The predicted octanol–water partition coefficient (Wildman–Crippen LogP) is 22.0. The molecule has 4 saturated carbocycles. The number of carbonyl (C=O) groups excluding carboxylic acids is 4. The van der Waals surface area contributed by atoms with E-state index >= 15 is 0 Å². The molecule has 0 radical (unpaired) electrons. The van der Waals surface area contributed by atoms with Gasteiger partial charge in [-0.05, 0) is 380 Å². The highest BCUT2D eigenvalue weighted by atomic mass is 16.6. The number of nitrogens with two attached hydrogens (primary N) is 8. The number of nitro groups is 1. The summed E-state index contributed by atoms with van der Waals surface area (Å²) in [6.07, 6.45) is 31.4. The second-order valence-electron chi connectivity index (χ2n) is 49.7. The number of nitrogens with zero attached hydrogens (tertiary/aromatic N) is 9. The largest absolute Gasteiger partial charge is 0.472 e. The first kappa shape index (κ1) is 112. The van der Waals surface area contributed by atoms with Crippen LogP contribution in [0.5, 0.6) is 0 Å². The maximum absolute atomic E-state index is 13.7. The highest BCUT2D eigenvalue weighted by Gasteiger charge is 2.44. The number of hydrogen-bond donors (Lipinski definition) is 9. The molecule has 146 heavy (non-hydrogen) atoms. The molecule has 0 atom stereocenters. The van der Waals surface area contributed by atoms with Gasteiger partial charge < -0.3 is 83.7 Å². The van der Waals surface area contributed by atoms with Crippen LogP contribution in [-0.2, 0) is 69.5 Å². The van der Waals surface area contributed by atoms with E-state index in [1.54, 1.807) is 24.7 Å². The lowest BCUT2D eigenvalue weighted by Crippen LogP contribution is -2.37. The van der Waals surface area contributed by atoms with E-state index in [9.17, 15) is 29.3 Å². The SMILES string of the molecule is CC1(C)CCC(C)(C)c2cc(CN(CC3CCC(CN=C(N)N)CC3)C(=O)c3ccc[nH]3)ccc21.Cc1cc2c(cc1CN(CC1CCC(CN=C(N)N)CC1)C(=O)c1ccc([N+](=O)[O-])o1)C(C)(C)CCC2(C)C.Cc1cc2c(cc1CN(CC1CCC(CN=C(N)N)CC1)C(=O)c1ccoc1)C(C)(C)CCC2(C)C.Cc1ccc(C(=O)N(Cc2ccc3c(c2)C(C)(C)CCC3(C)C)CC2CCC(CN=C(N)N)CC2)o1. The Morgan fingerprint density at radius 3 is 0.959 bits per heavy atom. The van der Waals surface area contributed by atoms with Crippen molar-refractivity contribution in [2.45, 2.75) is 355 Å². The van der Waals surface area contributed by atoms with Crippen molar-refractivity contribution in [1.29, 1.82) is 0 Å². The lowest BCUT2D eigenvalue weighted by atomic mass is 9.62. The van der Waals surface area contributed by atoms with E-state index in [-0.39, 0.29) is 96.5 Å². The zero-order valence-electron chi connectivity index (χ0n) is 91.4. The molecule has 0 unspecified atom stereocenters. The Balaban J connectivity index is 0.000000163. The van der Waals surface area contributed by atoms with Gasteiger partial charge >= 0.3 is 5.88 Å². The molecular formula is C119H174N18O9. The van der Waals surface area contributed by atoms with E-state index in [0.29, 0.717) is 123 Å². The molecule has 4 heterocycles. The highest BCUT2D eigenvalue weighted by Crippen LogP contribution is 2.52. The molecule has 0 spiro atoms. The van der Waals surface area contributed by atoms with Gasteiger partial charge in [-0.3, -0.25) is 49.3 Å². The van der Waals surface area contributed by atoms with E-state index < -0.39 is 10.8 Å². The summed E-state index contributed by atoms with van der Waals surface area (Å²) in [5.74, 6) is 4.95. The Kier molecular flexibility index (Phi) is 35.8. The predicted molar refractivity (Wildman–Crippen MR) is 588 cm³/mol. The maximum Gasteiger partial charge on any atom is 0.433 e. The Labute approximate surface area is 869 Å². The molecule has 4 fully saturated rings. The van der Waals surface area contributed by atoms with Crippen LogP contribution in [0.1, 0.15) is 390 Å². The number of nitrogens with one attached hydrogen (secondary N) is 1. The normalized spacial score (nSPS) is 22.3. The second-order valence-corrected chi connectivity index (χ2v) is 49.7. The molecule has 0 bridgehead atoms. The summed E-state index contributed by atoms with van der Waals surface area (Å²) >= 11 is 0. The molecule has 8 aliphatic carbocycles. The van der Waals surface area contributed by atoms with Gasteiger partial charge in [0.2, 0.25) is 0 Å². The summed E-state index contributed by atoms with van der Waals surface area (Å²) in [5, 5.41) is 11.2. The first-order valence-corrected chi connectivity index (χ1v) is 54.1. The number of fused-ring (bicyclic) bond motifs is 4. The number of furan rings is 3. The molecule has 4 amide bonds. The number of H-pyrrole nitrogens is 1. The van der Waals surface area contributed by atoms with Crippen LogP contribution < -0.4 is 45.9 Å². The van der Waals surface area contributed by atoms with E-state index in [4.69, 9.17) is 59.1 Å². The Morgan fingerprint density at radius 1 is 0.356 bits per heavy atom. The van der Waals surface area contributed by atoms with Gasteiger partial charge in [0.25, 0.3) is 23.6 Å². The lowest BCUT2D eigenvalue weighted by Gasteiger charge is -2.42. The number of hydrogen-bond acceptors (Lipinski definition) is 13.